The van der Waals surface area contributed by atoms with E-state index in [9.17, 15) is 9.59 Å². The first-order valence-corrected chi connectivity index (χ1v) is 9.25. The van der Waals surface area contributed by atoms with Crippen molar-refractivity contribution in [2.75, 3.05) is 47.6 Å². The highest BCUT2D eigenvalue weighted by atomic mass is 35.5. The van der Waals surface area contributed by atoms with E-state index in [4.69, 9.17) is 22.1 Å². The van der Waals surface area contributed by atoms with Crippen molar-refractivity contribution in [3.8, 4) is 0 Å². The zero-order valence-electron chi connectivity index (χ0n) is 14.9. The Balaban J connectivity index is 1.64. The highest BCUT2D eigenvalue weighted by Gasteiger charge is 2.35. The van der Waals surface area contributed by atoms with E-state index in [0.717, 1.165) is 0 Å². The lowest BCUT2D eigenvalue weighted by atomic mass is 9.92. The molecule has 146 valence electrons. The van der Waals surface area contributed by atoms with Crippen molar-refractivity contribution >= 4 is 46.7 Å². The van der Waals surface area contributed by atoms with Crippen LogP contribution >= 0.6 is 11.6 Å². The predicted molar refractivity (Wildman–Crippen MR) is 106 cm³/mol. The van der Waals surface area contributed by atoms with Gasteiger partial charge >= 0.3 is 0 Å². The van der Waals surface area contributed by atoms with Crippen LogP contribution in [0, 0.1) is 0 Å². The van der Waals surface area contributed by atoms with E-state index in [1.807, 2.05) is 4.90 Å². The first-order valence-electron chi connectivity index (χ1n) is 8.87. The maximum absolute atomic E-state index is 12.9. The van der Waals surface area contributed by atoms with Gasteiger partial charge in [-0.25, -0.2) is 0 Å². The minimum Gasteiger partial charge on any atom is -0.383 e. The molecule has 2 aromatic rings. The monoisotopic (exact) mass is 402 g/mol. The topological polar surface area (TPSA) is 122 Å². The number of anilines is 4. The Hall–Kier alpha value is -2.91. The van der Waals surface area contributed by atoms with Crippen LogP contribution in [0.4, 0.5) is 23.3 Å². The summed E-state index contributed by atoms with van der Waals surface area (Å²) in [7, 11) is 0. The maximum atomic E-state index is 12.9. The number of carbonyl (C=O) groups is 2. The molecular formula is C18H19ClN6O3. The number of hydrogen-bond acceptors (Lipinski definition) is 7. The molecule has 1 unspecified atom stereocenters. The van der Waals surface area contributed by atoms with Crippen molar-refractivity contribution < 1.29 is 14.3 Å². The van der Waals surface area contributed by atoms with Gasteiger partial charge in [0.05, 0.1) is 24.7 Å². The van der Waals surface area contributed by atoms with E-state index in [2.05, 4.69) is 20.6 Å². The molecule has 0 aliphatic carbocycles. The first-order chi connectivity index (χ1) is 13.5. The lowest BCUT2D eigenvalue weighted by Gasteiger charge is -2.30. The lowest BCUT2D eigenvalue weighted by molar-refractivity contribution is -0.123. The van der Waals surface area contributed by atoms with Gasteiger partial charge in [0.15, 0.2) is 0 Å². The third-order valence-corrected chi connectivity index (χ3v) is 4.90. The number of ether oxygens (including phenoxy) is 1. The molecule has 2 amide bonds. The number of nitrogens with two attached hydrogens (primary N) is 1. The van der Waals surface area contributed by atoms with Crippen molar-refractivity contribution in [3.63, 3.8) is 0 Å². The fourth-order valence-electron chi connectivity index (χ4n) is 3.31. The van der Waals surface area contributed by atoms with Gasteiger partial charge in [0.1, 0.15) is 11.6 Å². The molecule has 4 rings (SSSR count). The number of nitrogen functional groups attached to an aromatic ring is 1. The van der Waals surface area contributed by atoms with Crippen LogP contribution in [-0.2, 0) is 14.3 Å². The van der Waals surface area contributed by atoms with Gasteiger partial charge in [0.25, 0.3) is 0 Å². The van der Waals surface area contributed by atoms with Crippen molar-refractivity contribution in [2.45, 2.75) is 12.3 Å². The van der Waals surface area contributed by atoms with Crippen molar-refractivity contribution in [3.05, 3.63) is 34.9 Å². The van der Waals surface area contributed by atoms with Gasteiger partial charge in [0, 0.05) is 30.2 Å². The number of fused-ring (bicyclic) bond motifs is 1. The number of carbonyl (C=O) groups excluding carboxylic acids is 2. The Morgan fingerprint density at radius 3 is 2.86 bits per heavy atom. The lowest BCUT2D eigenvalue weighted by Crippen LogP contribution is -2.38. The fourth-order valence-corrected chi connectivity index (χ4v) is 3.50. The van der Waals surface area contributed by atoms with Crippen LogP contribution in [0.5, 0.6) is 0 Å². The molecule has 0 radical (unpaired) electrons. The number of morpholine rings is 1. The van der Waals surface area contributed by atoms with E-state index >= 15 is 0 Å². The minimum absolute atomic E-state index is 0.0378. The van der Waals surface area contributed by atoms with Crippen LogP contribution in [0.25, 0.3) is 0 Å². The standard InChI is InChI=1S/C18H19ClN6O3/c19-10-2-1-3-11(8-10)21-17(27)12-9-13(26)22-16-14(12)15(20)23-18(24-16)25-4-6-28-7-5-25/h1-3,8,12H,4-7,9H2,(H,21,27)(H3,20,22,23,24,26). The van der Waals surface area contributed by atoms with Gasteiger partial charge in [-0.15, -0.1) is 0 Å². The third kappa shape index (κ3) is 3.71. The molecule has 3 heterocycles. The number of nitrogens with one attached hydrogen (secondary N) is 2. The molecule has 9 nitrogen and oxygen atoms in total. The molecule has 1 saturated heterocycles. The number of halogens is 1. The Morgan fingerprint density at radius 1 is 1.32 bits per heavy atom. The SMILES string of the molecule is Nc1nc(N2CCOCC2)nc2c1C(C(=O)Nc1cccc(Cl)c1)CC(=O)N2. The second-order valence-corrected chi connectivity index (χ2v) is 7.01. The summed E-state index contributed by atoms with van der Waals surface area (Å²) in [5.74, 6) is -0.594. The molecule has 1 aromatic carbocycles. The van der Waals surface area contributed by atoms with Crippen LogP contribution in [0.2, 0.25) is 5.02 Å². The van der Waals surface area contributed by atoms with Crippen molar-refractivity contribution in [1.82, 2.24) is 9.97 Å². The highest BCUT2D eigenvalue weighted by molar-refractivity contribution is 6.30. The van der Waals surface area contributed by atoms with Crippen LogP contribution in [0.3, 0.4) is 0 Å². The number of amides is 2. The van der Waals surface area contributed by atoms with Gasteiger partial charge in [-0.2, -0.15) is 9.97 Å². The summed E-state index contributed by atoms with van der Waals surface area (Å²) >= 11 is 5.97. The van der Waals surface area contributed by atoms with Crippen LogP contribution in [-0.4, -0.2) is 48.1 Å². The van der Waals surface area contributed by atoms with Crippen LogP contribution < -0.4 is 21.3 Å². The maximum Gasteiger partial charge on any atom is 0.232 e. The summed E-state index contributed by atoms with van der Waals surface area (Å²) in [4.78, 5) is 35.8. The Labute approximate surface area is 166 Å². The second kappa shape index (κ2) is 7.61. The molecule has 4 N–H and O–H groups in total. The predicted octanol–water partition coefficient (Wildman–Crippen LogP) is 1.61. The average molecular weight is 403 g/mol. The highest BCUT2D eigenvalue weighted by Crippen LogP contribution is 2.36. The first kappa shape index (κ1) is 18.5. The normalized spacial score (nSPS) is 19.0. The Kier molecular flexibility index (Phi) is 5.01. The fraction of sp³-hybridized carbons (Fsp3) is 0.333. The second-order valence-electron chi connectivity index (χ2n) is 6.58. The Morgan fingerprint density at radius 2 is 2.11 bits per heavy atom. The number of nitrogens with zero attached hydrogens (tertiary/aromatic N) is 3. The van der Waals surface area contributed by atoms with E-state index in [-0.39, 0.29) is 29.9 Å². The summed E-state index contributed by atoms with van der Waals surface area (Å²) in [6.07, 6.45) is -0.0378. The summed E-state index contributed by atoms with van der Waals surface area (Å²) in [5.41, 5.74) is 7.14. The van der Waals surface area contributed by atoms with E-state index in [1.165, 1.54) is 0 Å². The molecule has 1 atom stereocenters. The summed E-state index contributed by atoms with van der Waals surface area (Å²) in [6, 6.07) is 6.78. The molecule has 1 aromatic heterocycles. The number of benzene rings is 1. The van der Waals surface area contributed by atoms with Crippen molar-refractivity contribution in [1.29, 1.82) is 0 Å². The molecular weight excluding hydrogens is 384 g/mol. The van der Waals surface area contributed by atoms with Crippen molar-refractivity contribution in [2.24, 2.45) is 0 Å². The molecule has 0 bridgehead atoms. The van der Waals surface area contributed by atoms with E-state index in [1.54, 1.807) is 24.3 Å². The Bertz CT molecular complexity index is 932. The third-order valence-electron chi connectivity index (χ3n) is 4.66. The largest absolute Gasteiger partial charge is 0.383 e. The van der Waals surface area contributed by atoms with Crippen LogP contribution in [0.15, 0.2) is 24.3 Å². The minimum atomic E-state index is -0.790. The molecule has 2 aliphatic heterocycles. The molecule has 2 aliphatic rings. The van der Waals surface area contributed by atoms with Gasteiger partial charge in [0.2, 0.25) is 17.8 Å². The van der Waals surface area contributed by atoms with E-state index in [0.29, 0.717) is 48.5 Å². The van der Waals surface area contributed by atoms with Gasteiger partial charge in [-0.3, -0.25) is 9.59 Å². The summed E-state index contributed by atoms with van der Waals surface area (Å²) < 4.78 is 5.33. The van der Waals surface area contributed by atoms with Gasteiger partial charge in [-0.1, -0.05) is 17.7 Å². The number of rotatable bonds is 3. The van der Waals surface area contributed by atoms with Gasteiger partial charge in [-0.05, 0) is 18.2 Å². The zero-order chi connectivity index (χ0) is 19.7. The molecule has 10 heteroatoms. The molecule has 0 saturated carbocycles. The quantitative estimate of drug-likeness (QED) is 0.712. The molecule has 28 heavy (non-hydrogen) atoms. The average Bonchev–Trinajstić information content (AvgIpc) is 2.67. The molecule has 0 spiro atoms. The number of hydrogen-bond donors (Lipinski definition) is 3. The van der Waals surface area contributed by atoms with Crippen LogP contribution in [0.1, 0.15) is 17.9 Å². The summed E-state index contributed by atoms with van der Waals surface area (Å²) in [5, 5.41) is 5.98. The van der Waals surface area contributed by atoms with E-state index < -0.39 is 5.92 Å². The smallest absolute Gasteiger partial charge is 0.232 e. The molecule has 1 fully saturated rings. The zero-order valence-corrected chi connectivity index (χ0v) is 15.7. The summed E-state index contributed by atoms with van der Waals surface area (Å²) in [6.45, 7) is 2.39. The van der Waals surface area contributed by atoms with Gasteiger partial charge < -0.3 is 26.0 Å². The number of aromatic nitrogens is 2.